The highest BCUT2D eigenvalue weighted by molar-refractivity contribution is 9.12. The van der Waals surface area contributed by atoms with Crippen LogP contribution in [-0.2, 0) is 9.59 Å². The SMILES string of the molecule is O=C(CN(C(=O)c1ccc([N+](=O)[O-])cc1)N1C(=O)[C@@H]2[C@H]3C[C@@H]([C@H](Br)[C@H]3Br)[C@H]2C1=O)c1ccc(Br)cc1. The van der Waals surface area contributed by atoms with E-state index >= 15 is 0 Å². The fourth-order valence-corrected chi connectivity index (χ4v) is 7.68. The highest BCUT2D eigenvalue weighted by Crippen LogP contribution is 2.60. The lowest BCUT2D eigenvalue weighted by molar-refractivity contribution is -0.384. The molecule has 1 heterocycles. The van der Waals surface area contributed by atoms with Crippen LogP contribution in [0.3, 0.4) is 0 Å². The van der Waals surface area contributed by atoms with Gasteiger partial charge in [-0.1, -0.05) is 59.9 Å². The topological polar surface area (TPSA) is 118 Å². The Morgan fingerprint density at radius 1 is 0.917 bits per heavy atom. The molecule has 0 aromatic heterocycles. The van der Waals surface area contributed by atoms with Crippen molar-refractivity contribution >= 4 is 77.0 Å². The number of amides is 3. The van der Waals surface area contributed by atoms with Crippen molar-refractivity contribution in [3.05, 3.63) is 74.2 Å². The molecule has 2 bridgehead atoms. The number of halogens is 3. The van der Waals surface area contributed by atoms with E-state index in [0.29, 0.717) is 5.56 Å². The molecule has 3 fully saturated rings. The minimum absolute atomic E-state index is 0.0153. The van der Waals surface area contributed by atoms with E-state index in [9.17, 15) is 29.3 Å². The Labute approximate surface area is 230 Å². The Morgan fingerprint density at radius 3 is 1.92 bits per heavy atom. The highest BCUT2D eigenvalue weighted by atomic mass is 79.9. The molecule has 5 rings (SSSR count). The summed E-state index contributed by atoms with van der Waals surface area (Å²) in [5, 5.41) is 12.7. The van der Waals surface area contributed by atoms with Crippen molar-refractivity contribution < 1.29 is 24.1 Å². The van der Waals surface area contributed by atoms with Gasteiger partial charge in [-0.3, -0.25) is 29.3 Å². The van der Waals surface area contributed by atoms with E-state index in [-0.39, 0.29) is 32.7 Å². The van der Waals surface area contributed by atoms with Gasteiger partial charge in [0.25, 0.3) is 23.4 Å². The van der Waals surface area contributed by atoms with Gasteiger partial charge in [-0.05, 0) is 42.5 Å². The normalized spacial score (nSPS) is 28.4. The molecule has 0 radical (unpaired) electrons. The summed E-state index contributed by atoms with van der Waals surface area (Å²) in [7, 11) is 0. The molecule has 12 heteroatoms. The average molecular weight is 684 g/mol. The van der Waals surface area contributed by atoms with Crippen LogP contribution in [0, 0.1) is 33.8 Å². The number of carbonyl (C=O) groups is 4. The summed E-state index contributed by atoms with van der Waals surface area (Å²) in [6.07, 6.45) is 0.723. The highest BCUT2D eigenvalue weighted by Gasteiger charge is 2.67. The summed E-state index contributed by atoms with van der Waals surface area (Å²) in [5.74, 6) is -3.51. The van der Waals surface area contributed by atoms with E-state index in [4.69, 9.17) is 0 Å². The monoisotopic (exact) mass is 681 g/mol. The van der Waals surface area contributed by atoms with Gasteiger partial charge in [0, 0.05) is 37.4 Å². The second kappa shape index (κ2) is 9.46. The molecule has 2 aromatic rings. The number of imide groups is 1. The fourth-order valence-electron chi connectivity index (χ4n) is 5.54. The second-order valence-corrected chi connectivity index (χ2v) is 12.1. The maximum Gasteiger partial charge on any atom is 0.273 e. The molecule has 3 aliphatic rings. The first-order valence-corrected chi connectivity index (χ1v) is 13.7. The zero-order valence-electron chi connectivity index (χ0n) is 18.4. The molecule has 36 heavy (non-hydrogen) atoms. The van der Waals surface area contributed by atoms with Crippen molar-refractivity contribution in [2.24, 2.45) is 23.7 Å². The predicted molar refractivity (Wildman–Crippen MR) is 138 cm³/mol. The molecular weight excluding hydrogens is 666 g/mol. The molecule has 0 spiro atoms. The summed E-state index contributed by atoms with van der Waals surface area (Å²) in [4.78, 5) is 64.4. The molecule has 9 nitrogen and oxygen atoms in total. The third-order valence-electron chi connectivity index (χ3n) is 7.22. The quantitative estimate of drug-likeness (QED) is 0.147. The van der Waals surface area contributed by atoms with Crippen LogP contribution >= 0.6 is 47.8 Å². The van der Waals surface area contributed by atoms with Gasteiger partial charge < -0.3 is 0 Å². The van der Waals surface area contributed by atoms with E-state index in [1.165, 1.54) is 12.1 Å². The maximum absolute atomic E-state index is 13.6. The summed E-state index contributed by atoms with van der Waals surface area (Å²) in [6.45, 7) is -0.542. The number of non-ortho nitro benzene ring substituents is 1. The second-order valence-electron chi connectivity index (χ2n) is 9.09. The third-order valence-corrected chi connectivity index (χ3v) is 11.0. The smallest absolute Gasteiger partial charge is 0.273 e. The number of benzene rings is 2. The third kappa shape index (κ3) is 4.03. The van der Waals surface area contributed by atoms with Crippen molar-refractivity contribution in [3.8, 4) is 0 Å². The van der Waals surface area contributed by atoms with Crippen LogP contribution in [0.1, 0.15) is 27.1 Å². The van der Waals surface area contributed by atoms with E-state index in [1.54, 1.807) is 24.3 Å². The Bertz CT molecular complexity index is 1250. The van der Waals surface area contributed by atoms with Gasteiger partial charge in [0.15, 0.2) is 5.78 Å². The van der Waals surface area contributed by atoms with Crippen LogP contribution < -0.4 is 0 Å². The molecule has 0 N–H and O–H groups in total. The number of rotatable bonds is 6. The predicted octanol–water partition coefficient (Wildman–Crippen LogP) is 4.38. The first-order valence-electron chi connectivity index (χ1n) is 11.1. The number of nitrogens with zero attached hydrogens (tertiary/aromatic N) is 3. The number of hydrazine groups is 1. The van der Waals surface area contributed by atoms with Crippen molar-refractivity contribution in [2.45, 2.75) is 16.1 Å². The number of nitro benzene ring substituents is 1. The van der Waals surface area contributed by atoms with E-state index < -0.39 is 46.8 Å². The Morgan fingerprint density at radius 2 is 1.42 bits per heavy atom. The number of Topliss-reactive ketones (excluding diaryl/α,β-unsaturated/α-hetero) is 1. The summed E-state index contributed by atoms with van der Waals surface area (Å²) in [6, 6.07) is 11.3. The molecule has 1 aliphatic heterocycles. The van der Waals surface area contributed by atoms with E-state index in [2.05, 4.69) is 47.8 Å². The lowest BCUT2D eigenvalue weighted by Gasteiger charge is -2.30. The van der Waals surface area contributed by atoms with Crippen molar-refractivity contribution in [1.82, 2.24) is 10.0 Å². The molecule has 3 amide bonds. The van der Waals surface area contributed by atoms with Gasteiger partial charge in [0.05, 0.1) is 16.8 Å². The molecular formula is C24H18Br3N3O6. The number of hydrogen-bond acceptors (Lipinski definition) is 6. The summed E-state index contributed by atoms with van der Waals surface area (Å²) in [5.41, 5.74) is 0.108. The largest absolute Gasteiger partial charge is 0.292 e. The lowest BCUT2D eigenvalue weighted by Crippen LogP contribution is -2.52. The number of fused-ring (bicyclic) bond motifs is 5. The number of ketones is 1. The van der Waals surface area contributed by atoms with Crippen molar-refractivity contribution in [3.63, 3.8) is 0 Å². The van der Waals surface area contributed by atoms with Crippen LogP contribution in [0.4, 0.5) is 5.69 Å². The van der Waals surface area contributed by atoms with Crippen LogP contribution in [0.15, 0.2) is 53.0 Å². The van der Waals surface area contributed by atoms with Crippen LogP contribution in [-0.4, -0.2) is 54.6 Å². The van der Waals surface area contributed by atoms with Gasteiger partial charge in [0.1, 0.15) is 6.54 Å². The van der Waals surface area contributed by atoms with Crippen molar-refractivity contribution in [2.75, 3.05) is 6.54 Å². The minimum Gasteiger partial charge on any atom is -0.292 e. The molecule has 2 aromatic carbocycles. The first-order chi connectivity index (χ1) is 17.1. The molecule has 186 valence electrons. The van der Waals surface area contributed by atoms with Crippen LogP contribution in [0.5, 0.6) is 0 Å². The summed E-state index contributed by atoms with van der Waals surface area (Å²) < 4.78 is 0.764. The van der Waals surface area contributed by atoms with Crippen LogP contribution in [0.25, 0.3) is 0 Å². The number of nitro groups is 1. The fraction of sp³-hybridized carbons (Fsp3) is 0.333. The zero-order valence-corrected chi connectivity index (χ0v) is 23.2. The van der Waals surface area contributed by atoms with Gasteiger partial charge in [0.2, 0.25) is 0 Å². The molecule has 6 atom stereocenters. The zero-order chi connectivity index (χ0) is 25.9. The van der Waals surface area contributed by atoms with Crippen molar-refractivity contribution in [1.29, 1.82) is 0 Å². The maximum atomic E-state index is 13.6. The lowest BCUT2D eigenvalue weighted by atomic mass is 9.81. The molecule has 2 saturated carbocycles. The van der Waals surface area contributed by atoms with Gasteiger partial charge >= 0.3 is 0 Å². The molecule has 1 saturated heterocycles. The molecule has 0 unspecified atom stereocenters. The summed E-state index contributed by atoms with van der Waals surface area (Å²) >= 11 is 10.6. The molecule has 2 aliphatic carbocycles. The Balaban J connectivity index is 1.50. The van der Waals surface area contributed by atoms with Gasteiger partial charge in [-0.2, -0.15) is 5.01 Å². The van der Waals surface area contributed by atoms with E-state index in [0.717, 1.165) is 33.0 Å². The minimum atomic E-state index is -0.768. The van der Waals surface area contributed by atoms with Gasteiger partial charge in [-0.25, -0.2) is 5.01 Å². The van der Waals surface area contributed by atoms with Crippen LogP contribution in [0.2, 0.25) is 0 Å². The number of alkyl halides is 2. The number of hydrogen-bond donors (Lipinski definition) is 0. The standard InChI is InChI=1S/C24H18Br3N3O6/c25-13-5-1-11(2-6-13)17(31)10-28(22(32)12-3-7-14(8-4-12)30(35)36)29-23(33)18-15-9-16(19(18)24(29)34)21(27)20(15)26/h1-8,15-16,18-21H,9-10H2/t15-,16-,18-,19-,20+,21+/m1/s1. The Kier molecular flexibility index (Phi) is 6.63. The average Bonchev–Trinajstić information content (AvgIpc) is 3.47. The Hall–Kier alpha value is -2.44. The number of carbonyl (C=O) groups excluding carboxylic acids is 4. The first kappa shape index (κ1) is 25.2. The van der Waals surface area contributed by atoms with Gasteiger partial charge in [-0.15, -0.1) is 0 Å². The van der Waals surface area contributed by atoms with E-state index in [1.807, 2.05) is 0 Å².